The molecule has 0 amide bonds. The zero-order valence-corrected chi connectivity index (χ0v) is 17.3. The Labute approximate surface area is 155 Å². The predicted octanol–water partition coefficient (Wildman–Crippen LogP) is 5.74. The molecule has 0 saturated heterocycles. The maximum atomic E-state index is 5.98. The zero-order valence-electron chi connectivity index (χ0n) is 15.5. The van der Waals surface area contributed by atoms with Crippen molar-refractivity contribution < 1.29 is 4.74 Å². The molecule has 0 fully saturated rings. The number of fused-ring (bicyclic) bond motifs is 1. The van der Waals surface area contributed by atoms with Crippen molar-refractivity contribution in [3.63, 3.8) is 0 Å². The molecule has 0 radical (unpaired) electrons. The number of rotatable bonds is 7. The summed E-state index contributed by atoms with van der Waals surface area (Å²) >= 11 is 1.76. The van der Waals surface area contributed by atoms with Crippen LogP contribution in [0, 0.1) is 0 Å². The summed E-state index contributed by atoms with van der Waals surface area (Å²) in [6.45, 7) is 8.50. The van der Waals surface area contributed by atoms with Gasteiger partial charge in [0, 0.05) is 42.9 Å². The van der Waals surface area contributed by atoms with Crippen LogP contribution < -0.4 is 0 Å². The van der Waals surface area contributed by atoms with Crippen LogP contribution in [-0.2, 0) is 11.5 Å². The molecule has 3 rings (SSSR count). The molecule has 0 aliphatic heterocycles. The summed E-state index contributed by atoms with van der Waals surface area (Å²) in [7, 11) is -1.06. The van der Waals surface area contributed by atoms with Crippen molar-refractivity contribution in [2.24, 2.45) is 0 Å². The molecule has 0 aliphatic carbocycles. The quantitative estimate of drug-likeness (QED) is 0.301. The molecule has 2 heterocycles. The van der Waals surface area contributed by atoms with Gasteiger partial charge in [-0.3, -0.25) is 0 Å². The minimum absolute atomic E-state index is 0.554. The second kappa shape index (κ2) is 7.77. The van der Waals surface area contributed by atoms with E-state index < -0.39 is 8.07 Å². The van der Waals surface area contributed by atoms with Gasteiger partial charge in [0.1, 0.15) is 12.4 Å². The SMILES string of the molecule is CSc1ccnc2c1c(-c1ccccc1)cn2COCC[Si](C)(C)C. The Morgan fingerprint density at radius 1 is 1.12 bits per heavy atom. The summed E-state index contributed by atoms with van der Waals surface area (Å²) in [5.74, 6) is 0. The van der Waals surface area contributed by atoms with Gasteiger partial charge in [0.05, 0.1) is 0 Å². The van der Waals surface area contributed by atoms with Gasteiger partial charge in [-0.1, -0.05) is 50.0 Å². The number of benzene rings is 1. The van der Waals surface area contributed by atoms with Gasteiger partial charge in [0.25, 0.3) is 0 Å². The fraction of sp³-hybridized carbons (Fsp3) is 0.350. The topological polar surface area (TPSA) is 27.1 Å². The summed E-state index contributed by atoms with van der Waals surface area (Å²) in [4.78, 5) is 5.90. The minimum Gasteiger partial charge on any atom is -0.361 e. The van der Waals surface area contributed by atoms with Crippen LogP contribution >= 0.6 is 11.8 Å². The van der Waals surface area contributed by atoms with Crippen molar-refractivity contribution >= 4 is 30.9 Å². The van der Waals surface area contributed by atoms with E-state index in [1.165, 1.54) is 27.5 Å². The predicted molar refractivity (Wildman–Crippen MR) is 111 cm³/mol. The number of ether oxygens (including phenoxy) is 1. The molecule has 5 heteroatoms. The van der Waals surface area contributed by atoms with E-state index in [9.17, 15) is 0 Å². The van der Waals surface area contributed by atoms with Crippen LogP contribution in [0.4, 0.5) is 0 Å². The van der Waals surface area contributed by atoms with Crippen LogP contribution in [0.5, 0.6) is 0 Å². The highest BCUT2D eigenvalue weighted by Crippen LogP contribution is 2.35. The maximum Gasteiger partial charge on any atom is 0.143 e. The number of aromatic nitrogens is 2. The molecule has 25 heavy (non-hydrogen) atoms. The van der Waals surface area contributed by atoms with Crippen LogP contribution in [-0.4, -0.2) is 30.5 Å². The van der Waals surface area contributed by atoms with E-state index in [1.807, 2.05) is 6.20 Å². The first-order valence-corrected chi connectivity index (χ1v) is 13.6. The van der Waals surface area contributed by atoms with Crippen LogP contribution in [0.1, 0.15) is 0 Å². The van der Waals surface area contributed by atoms with Crippen molar-refractivity contribution in [1.29, 1.82) is 0 Å². The number of pyridine rings is 1. The highest BCUT2D eigenvalue weighted by molar-refractivity contribution is 7.98. The average Bonchev–Trinajstić information content (AvgIpc) is 2.97. The lowest BCUT2D eigenvalue weighted by atomic mass is 10.1. The van der Waals surface area contributed by atoms with Gasteiger partial charge in [-0.2, -0.15) is 0 Å². The highest BCUT2D eigenvalue weighted by atomic mass is 32.2. The first kappa shape index (κ1) is 18.2. The van der Waals surface area contributed by atoms with Gasteiger partial charge in [-0.25, -0.2) is 4.98 Å². The van der Waals surface area contributed by atoms with E-state index in [2.05, 4.69) is 78.0 Å². The lowest BCUT2D eigenvalue weighted by Gasteiger charge is -2.15. The maximum absolute atomic E-state index is 5.98. The van der Waals surface area contributed by atoms with Gasteiger partial charge in [-0.15, -0.1) is 11.8 Å². The van der Waals surface area contributed by atoms with E-state index in [-0.39, 0.29) is 0 Å². The molecule has 3 nitrogen and oxygen atoms in total. The van der Waals surface area contributed by atoms with Crippen molar-refractivity contribution in [1.82, 2.24) is 9.55 Å². The standard InChI is InChI=1S/C20H26N2OSSi/c1-24-18-10-11-21-20-19(18)17(16-8-6-5-7-9-16)14-22(20)15-23-12-13-25(2,3)4/h5-11,14H,12-13,15H2,1-4H3. The van der Waals surface area contributed by atoms with E-state index in [1.54, 1.807) is 11.8 Å². The molecule has 0 aliphatic rings. The highest BCUT2D eigenvalue weighted by Gasteiger charge is 2.16. The summed E-state index contributed by atoms with van der Waals surface area (Å²) in [5.41, 5.74) is 3.44. The Balaban J connectivity index is 1.94. The summed E-state index contributed by atoms with van der Waals surface area (Å²) in [5, 5.41) is 1.22. The first-order chi connectivity index (χ1) is 12.0. The van der Waals surface area contributed by atoms with E-state index in [4.69, 9.17) is 4.74 Å². The fourth-order valence-corrected chi connectivity index (χ4v) is 4.19. The molecule has 0 bridgehead atoms. The summed E-state index contributed by atoms with van der Waals surface area (Å²) in [6.07, 6.45) is 6.19. The Morgan fingerprint density at radius 2 is 1.88 bits per heavy atom. The monoisotopic (exact) mass is 370 g/mol. The van der Waals surface area contributed by atoms with Gasteiger partial charge in [0.15, 0.2) is 0 Å². The lowest BCUT2D eigenvalue weighted by molar-refractivity contribution is 0.0899. The molecular formula is C20H26N2OSSi. The Morgan fingerprint density at radius 3 is 2.56 bits per heavy atom. The van der Waals surface area contributed by atoms with Crippen molar-refractivity contribution in [3.05, 3.63) is 48.8 Å². The Bertz CT molecular complexity index is 840. The van der Waals surface area contributed by atoms with E-state index in [0.717, 1.165) is 12.3 Å². The molecule has 1 aromatic carbocycles. The Hall–Kier alpha value is -1.56. The smallest absolute Gasteiger partial charge is 0.143 e. The Kier molecular flexibility index (Phi) is 5.66. The molecule has 2 aromatic heterocycles. The van der Waals surface area contributed by atoms with Crippen molar-refractivity contribution in [2.45, 2.75) is 37.3 Å². The largest absolute Gasteiger partial charge is 0.361 e. The molecular weight excluding hydrogens is 344 g/mol. The first-order valence-electron chi connectivity index (χ1n) is 8.64. The van der Waals surface area contributed by atoms with Crippen LogP contribution in [0.15, 0.2) is 53.7 Å². The second-order valence-electron chi connectivity index (χ2n) is 7.44. The summed E-state index contributed by atoms with van der Waals surface area (Å²) in [6, 6.07) is 13.8. The molecule has 0 unspecified atom stereocenters. The number of nitrogens with zero attached hydrogens (tertiary/aromatic N) is 2. The minimum atomic E-state index is -1.06. The molecule has 132 valence electrons. The normalized spacial score (nSPS) is 12.0. The van der Waals surface area contributed by atoms with Crippen LogP contribution in [0.3, 0.4) is 0 Å². The third kappa shape index (κ3) is 4.35. The number of hydrogen-bond acceptors (Lipinski definition) is 3. The lowest BCUT2D eigenvalue weighted by Crippen LogP contribution is -2.22. The second-order valence-corrected chi connectivity index (χ2v) is 13.9. The van der Waals surface area contributed by atoms with Crippen LogP contribution in [0.2, 0.25) is 25.7 Å². The third-order valence-electron chi connectivity index (χ3n) is 4.25. The number of hydrogen-bond donors (Lipinski definition) is 0. The van der Waals surface area contributed by atoms with E-state index in [0.29, 0.717) is 6.73 Å². The van der Waals surface area contributed by atoms with Gasteiger partial charge >= 0.3 is 0 Å². The summed E-state index contributed by atoms with van der Waals surface area (Å²) < 4.78 is 8.12. The fourth-order valence-electron chi connectivity index (χ4n) is 2.83. The van der Waals surface area contributed by atoms with Gasteiger partial charge in [0.2, 0.25) is 0 Å². The third-order valence-corrected chi connectivity index (χ3v) is 6.73. The molecule has 0 saturated carbocycles. The molecule has 3 aromatic rings. The average molecular weight is 371 g/mol. The van der Waals surface area contributed by atoms with Crippen LogP contribution in [0.25, 0.3) is 22.2 Å². The molecule has 0 spiro atoms. The van der Waals surface area contributed by atoms with E-state index >= 15 is 0 Å². The zero-order chi connectivity index (χ0) is 17.9. The van der Waals surface area contributed by atoms with Gasteiger partial charge in [-0.05, 0) is 23.9 Å². The van der Waals surface area contributed by atoms with Crippen molar-refractivity contribution in [3.8, 4) is 11.1 Å². The number of thioether (sulfide) groups is 1. The van der Waals surface area contributed by atoms with Gasteiger partial charge < -0.3 is 9.30 Å². The van der Waals surface area contributed by atoms with Crippen molar-refractivity contribution in [2.75, 3.05) is 12.9 Å². The molecule has 0 N–H and O–H groups in total. The molecule has 0 atom stereocenters.